The quantitative estimate of drug-likeness (QED) is 0.631. The first-order chi connectivity index (χ1) is 13.9. The zero-order valence-corrected chi connectivity index (χ0v) is 17.1. The summed E-state index contributed by atoms with van der Waals surface area (Å²) >= 11 is 6.25. The summed E-state index contributed by atoms with van der Waals surface area (Å²) < 4.78 is 37.6. The van der Waals surface area contributed by atoms with Crippen molar-refractivity contribution in [3.63, 3.8) is 0 Å². The van der Waals surface area contributed by atoms with E-state index in [-0.39, 0.29) is 28.1 Å². The Balaban J connectivity index is 2.11. The molecule has 0 bridgehead atoms. The van der Waals surface area contributed by atoms with Crippen LogP contribution in [-0.2, 0) is 21.2 Å². The summed E-state index contributed by atoms with van der Waals surface area (Å²) in [6.07, 6.45) is 0.528. The number of methoxy groups -OCH3 is 1. The van der Waals surface area contributed by atoms with Crippen LogP contribution in [-0.4, -0.2) is 43.4 Å². The van der Waals surface area contributed by atoms with Crippen molar-refractivity contribution in [3.8, 4) is 11.6 Å². The fourth-order valence-electron chi connectivity index (χ4n) is 2.45. The number of sulfone groups is 1. The summed E-state index contributed by atoms with van der Waals surface area (Å²) in [4.78, 5) is 15.3. The van der Waals surface area contributed by atoms with E-state index in [2.05, 4.69) is 15.4 Å². The van der Waals surface area contributed by atoms with E-state index < -0.39 is 15.9 Å². The van der Waals surface area contributed by atoms with Crippen molar-refractivity contribution in [1.82, 2.24) is 20.1 Å². The Labute approximate surface area is 172 Å². The van der Waals surface area contributed by atoms with E-state index in [4.69, 9.17) is 21.1 Å². The Bertz CT molecular complexity index is 1130. The van der Waals surface area contributed by atoms with Gasteiger partial charge in [0.05, 0.1) is 22.7 Å². The number of nitrogens with zero attached hydrogens (tertiary/aromatic N) is 3. The first-order valence-electron chi connectivity index (χ1n) is 8.30. The highest BCUT2D eigenvalue weighted by atomic mass is 35.5. The maximum absolute atomic E-state index is 13.2. The van der Waals surface area contributed by atoms with Gasteiger partial charge in [-0.25, -0.2) is 22.9 Å². The second-order valence-electron chi connectivity index (χ2n) is 5.70. The van der Waals surface area contributed by atoms with Crippen LogP contribution in [0.1, 0.15) is 5.69 Å². The van der Waals surface area contributed by atoms with Crippen LogP contribution in [0, 0.1) is 0 Å². The van der Waals surface area contributed by atoms with Crippen molar-refractivity contribution < 1.29 is 22.7 Å². The number of para-hydroxylation sites is 1. The molecule has 0 saturated carbocycles. The van der Waals surface area contributed by atoms with Gasteiger partial charge in [0, 0.05) is 25.4 Å². The van der Waals surface area contributed by atoms with Gasteiger partial charge in [-0.15, -0.1) is 0 Å². The van der Waals surface area contributed by atoms with Gasteiger partial charge in [0.1, 0.15) is 12.3 Å². The smallest absolute Gasteiger partial charge is 0.407 e. The van der Waals surface area contributed by atoms with Crippen LogP contribution in [0.25, 0.3) is 5.69 Å². The second kappa shape index (κ2) is 8.50. The number of benzene rings is 1. The highest BCUT2D eigenvalue weighted by molar-refractivity contribution is 7.91. The Morgan fingerprint density at radius 3 is 2.62 bits per heavy atom. The molecule has 152 valence electrons. The van der Waals surface area contributed by atoms with Crippen LogP contribution in [0.5, 0.6) is 5.88 Å². The number of alkyl carbamates (subject to hydrolysis) is 1. The number of aromatic nitrogens is 3. The molecule has 3 rings (SSSR count). The molecule has 11 heteroatoms. The number of ether oxygens (including phenoxy) is 2. The third-order valence-corrected chi connectivity index (χ3v) is 5.89. The fraction of sp³-hybridized carbons (Fsp3) is 0.167. The van der Waals surface area contributed by atoms with Gasteiger partial charge in [-0.05, 0) is 18.2 Å². The minimum atomic E-state index is -4.02. The van der Waals surface area contributed by atoms with Crippen molar-refractivity contribution in [2.75, 3.05) is 14.2 Å². The Morgan fingerprint density at radius 1 is 1.24 bits per heavy atom. The number of carbonyl (C=O) groups excluding carboxylic acids is 1. The van der Waals surface area contributed by atoms with Crippen LogP contribution in [0.15, 0.2) is 58.6 Å². The van der Waals surface area contributed by atoms with Crippen LogP contribution in [0.2, 0.25) is 5.02 Å². The number of hydrogen-bond donors (Lipinski definition) is 1. The summed E-state index contributed by atoms with van der Waals surface area (Å²) in [5.74, 6) is 0.281. The standard InChI is InChI=1S/C18H17ClN4O5S/c1-20-18(24)28-11-12-9-17(23(22-12)15-6-4-3-5-14(15)19)29(25,26)13-7-8-16(27-2)21-10-13/h3-10H,11H2,1-2H3,(H,20,24). The second-order valence-corrected chi connectivity index (χ2v) is 8.01. The highest BCUT2D eigenvalue weighted by Crippen LogP contribution is 2.28. The van der Waals surface area contributed by atoms with Gasteiger partial charge >= 0.3 is 6.09 Å². The monoisotopic (exact) mass is 436 g/mol. The molecule has 0 spiro atoms. The minimum Gasteiger partial charge on any atom is -0.481 e. The molecule has 0 atom stereocenters. The molecule has 1 aromatic carbocycles. The van der Waals surface area contributed by atoms with Gasteiger partial charge in [-0.3, -0.25) is 0 Å². The molecule has 0 aliphatic rings. The largest absolute Gasteiger partial charge is 0.481 e. The molecule has 3 aromatic rings. The Kier molecular flexibility index (Phi) is 6.04. The number of amides is 1. The van der Waals surface area contributed by atoms with Gasteiger partial charge < -0.3 is 14.8 Å². The normalized spacial score (nSPS) is 11.1. The number of rotatable bonds is 6. The van der Waals surface area contributed by atoms with Crippen LogP contribution >= 0.6 is 11.6 Å². The lowest BCUT2D eigenvalue weighted by Gasteiger charge is -2.10. The zero-order valence-electron chi connectivity index (χ0n) is 15.5. The van der Waals surface area contributed by atoms with Crippen LogP contribution in [0.4, 0.5) is 4.79 Å². The number of hydrogen-bond acceptors (Lipinski definition) is 7. The third-order valence-electron chi connectivity index (χ3n) is 3.87. The number of pyridine rings is 1. The predicted octanol–water partition coefficient (Wildman–Crippen LogP) is 2.62. The first kappa shape index (κ1) is 20.6. The molecule has 9 nitrogen and oxygen atoms in total. The van der Waals surface area contributed by atoms with E-state index in [1.54, 1.807) is 24.3 Å². The lowest BCUT2D eigenvalue weighted by Crippen LogP contribution is -2.19. The van der Waals surface area contributed by atoms with Crippen molar-refractivity contribution in [2.45, 2.75) is 16.5 Å². The van der Waals surface area contributed by atoms with Crippen LogP contribution < -0.4 is 10.1 Å². The van der Waals surface area contributed by atoms with Crippen LogP contribution in [0.3, 0.4) is 0 Å². The molecular formula is C18H17ClN4O5S. The van der Waals surface area contributed by atoms with E-state index in [1.165, 1.54) is 43.2 Å². The SMILES string of the molecule is CNC(=O)OCc1cc(S(=O)(=O)c2ccc(OC)nc2)n(-c2ccccc2Cl)n1. The molecule has 0 unspecified atom stereocenters. The number of nitrogens with one attached hydrogen (secondary N) is 1. The molecule has 29 heavy (non-hydrogen) atoms. The summed E-state index contributed by atoms with van der Waals surface area (Å²) in [6, 6.07) is 10.8. The van der Waals surface area contributed by atoms with Crippen molar-refractivity contribution >= 4 is 27.5 Å². The van der Waals surface area contributed by atoms with E-state index >= 15 is 0 Å². The minimum absolute atomic E-state index is 0.0507. The topological polar surface area (TPSA) is 112 Å². The lowest BCUT2D eigenvalue weighted by molar-refractivity contribution is 0.140. The fourth-order valence-corrected chi connectivity index (χ4v) is 4.00. The average molecular weight is 437 g/mol. The van der Waals surface area contributed by atoms with Gasteiger partial charge in [0.2, 0.25) is 15.7 Å². The molecule has 1 N–H and O–H groups in total. The van der Waals surface area contributed by atoms with E-state index in [0.717, 1.165) is 0 Å². The van der Waals surface area contributed by atoms with Crippen molar-refractivity contribution in [1.29, 1.82) is 0 Å². The summed E-state index contributed by atoms with van der Waals surface area (Å²) in [5, 5.41) is 6.74. The van der Waals surface area contributed by atoms with Gasteiger partial charge in [0.25, 0.3) is 0 Å². The molecular weight excluding hydrogens is 420 g/mol. The van der Waals surface area contributed by atoms with E-state index in [0.29, 0.717) is 10.7 Å². The Morgan fingerprint density at radius 2 is 2.00 bits per heavy atom. The van der Waals surface area contributed by atoms with Gasteiger partial charge in [0.15, 0.2) is 5.03 Å². The first-order valence-corrected chi connectivity index (χ1v) is 10.2. The highest BCUT2D eigenvalue weighted by Gasteiger charge is 2.26. The van der Waals surface area contributed by atoms with E-state index in [1.807, 2.05) is 0 Å². The lowest BCUT2D eigenvalue weighted by atomic mass is 10.3. The molecule has 0 saturated heterocycles. The summed E-state index contributed by atoms with van der Waals surface area (Å²) in [7, 11) is -1.17. The average Bonchev–Trinajstić information content (AvgIpc) is 3.17. The van der Waals surface area contributed by atoms with Crippen molar-refractivity contribution in [3.05, 3.63) is 59.4 Å². The Hall–Kier alpha value is -3.11. The molecule has 0 aliphatic carbocycles. The molecule has 0 radical (unpaired) electrons. The maximum atomic E-state index is 13.2. The number of carbonyl (C=O) groups is 1. The molecule has 0 aliphatic heterocycles. The molecule has 0 fully saturated rings. The number of halogens is 1. The van der Waals surface area contributed by atoms with Gasteiger partial charge in [-0.1, -0.05) is 23.7 Å². The van der Waals surface area contributed by atoms with E-state index in [9.17, 15) is 13.2 Å². The van der Waals surface area contributed by atoms with Crippen molar-refractivity contribution in [2.24, 2.45) is 0 Å². The maximum Gasteiger partial charge on any atom is 0.407 e. The molecule has 2 aromatic heterocycles. The molecule has 1 amide bonds. The zero-order chi connectivity index (χ0) is 21.0. The summed E-state index contributed by atoms with van der Waals surface area (Å²) in [6.45, 7) is -0.222. The molecule has 2 heterocycles. The van der Waals surface area contributed by atoms with Gasteiger partial charge in [-0.2, -0.15) is 5.10 Å². The third kappa shape index (κ3) is 4.33. The predicted molar refractivity (Wildman–Crippen MR) is 104 cm³/mol. The summed E-state index contributed by atoms with van der Waals surface area (Å²) in [5.41, 5.74) is 0.592.